The molecule has 0 saturated heterocycles. The summed E-state index contributed by atoms with van der Waals surface area (Å²) in [7, 11) is 0. The first-order valence-electron chi connectivity index (χ1n) is 11.6. The van der Waals surface area contributed by atoms with Gasteiger partial charge >= 0.3 is 6.09 Å². The van der Waals surface area contributed by atoms with Crippen LogP contribution in [-0.2, 0) is 25.5 Å². The summed E-state index contributed by atoms with van der Waals surface area (Å²) in [5.74, 6) is -1.09. The topological polar surface area (TPSA) is 126 Å². The van der Waals surface area contributed by atoms with Crippen LogP contribution in [0, 0.1) is 0 Å². The molecule has 0 radical (unpaired) electrons. The molecule has 0 aliphatic rings. The Balaban J connectivity index is 2.57. The molecular formula is C25H40N4O5. The fourth-order valence-corrected chi connectivity index (χ4v) is 2.96. The van der Waals surface area contributed by atoms with Crippen LogP contribution in [0.1, 0.15) is 66.4 Å². The van der Waals surface area contributed by atoms with Crippen LogP contribution < -0.4 is 21.3 Å². The lowest BCUT2D eigenvalue weighted by molar-refractivity contribution is -0.132. The molecule has 1 rings (SSSR count). The Morgan fingerprint density at radius 3 is 2.09 bits per heavy atom. The predicted molar refractivity (Wildman–Crippen MR) is 131 cm³/mol. The molecule has 0 bridgehead atoms. The molecule has 1 aromatic rings. The van der Waals surface area contributed by atoms with Gasteiger partial charge in [-0.2, -0.15) is 0 Å². The van der Waals surface area contributed by atoms with Gasteiger partial charge in [0.2, 0.25) is 17.7 Å². The zero-order valence-corrected chi connectivity index (χ0v) is 21.2. The van der Waals surface area contributed by atoms with Gasteiger partial charge in [-0.05, 0) is 59.9 Å². The van der Waals surface area contributed by atoms with Crippen molar-refractivity contribution in [3.05, 3.63) is 35.9 Å². The van der Waals surface area contributed by atoms with E-state index in [1.807, 2.05) is 51.1 Å². The molecule has 0 saturated carbocycles. The second-order valence-corrected chi connectivity index (χ2v) is 10.2. The summed E-state index contributed by atoms with van der Waals surface area (Å²) in [5, 5.41) is 10.8. The maximum absolute atomic E-state index is 12.7. The van der Waals surface area contributed by atoms with Crippen LogP contribution in [0.25, 0.3) is 0 Å². The van der Waals surface area contributed by atoms with Gasteiger partial charge in [0.05, 0.1) is 6.42 Å². The average molecular weight is 477 g/mol. The van der Waals surface area contributed by atoms with Crippen molar-refractivity contribution >= 4 is 23.8 Å². The Morgan fingerprint density at radius 1 is 0.882 bits per heavy atom. The first-order valence-corrected chi connectivity index (χ1v) is 11.6. The van der Waals surface area contributed by atoms with Crippen LogP contribution in [0.15, 0.2) is 30.3 Å². The number of carbonyl (C=O) groups excluding carboxylic acids is 4. The molecule has 0 unspecified atom stereocenters. The third-order valence-electron chi connectivity index (χ3n) is 4.36. The first-order chi connectivity index (χ1) is 15.7. The van der Waals surface area contributed by atoms with E-state index in [1.165, 1.54) is 0 Å². The minimum Gasteiger partial charge on any atom is -0.444 e. The minimum absolute atomic E-state index is 0.170. The number of amides is 4. The molecule has 34 heavy (non-hydrogen) atoms. The van der Waals surface area contributed by atoms with Crippen LogP contribution in [0.4, 0.5) is 4.79 Å². The minimum atomic E-state index is -0.996. The number of rotatable bonds is 11. The van der Waals surface area contributed by atoms with Gasteiger partial charge in [-0.3, -0.25) is 14.4 Å². The number of ether oxygens (including phenoxy) is 1. The molecule has 190 valence electrons. The Labute approximate surface area is 202 Å². The second kappa shape index (κ2) is 13.6. The largest absolute Gasteiger partial charge is 0.444 e. The number of carbonyl (C=O) groups is 4. The highest BCUT2D eigenvalue weighted by atomic mass is 16.6. The van der Waals surface area contributed by atoms with Gasteiger partial charge in [0.25, 0.3) is 0 Å². The van der Waals surface area contributed by atoms with Crippen LogP contribution in [0.3, 0.4) is 0 Å². The summed E-state index contributed by atoms with van der Waals surface area (Å²) in [6, 6.07) is 8.57. The van der Waals surface area contributed by atoms with Crippen molar-refractivity contribution < 1.29 is 23.9 Å². The fraction of sp³-hybridized carbons (Fsp3) is 0.600. The highest BCUT2D eigenvalue weighted by Gasteiger charge is 2.25. The lowest BCUT2D eigenvalue weighted by Gasteiger charge is -2.23. The number of hydrogen-bond acceptors (Lipinski definition) is 5. The van der Waals surface area contributed by atoms with Crippen molar-refractivity contribution in [1.82, 2.24) is 21.3 Å². The zero-order chi connectivity index (χ0) is 25.8. The molecule has 0 heterocycles. The Hall–Kier alpha value is -3.10. The van der Waals surface area contributed by atoms with E-state index >= 15 is 0 Å². The standard InChI is InChI=1S/C25H40N4O5/c1-24(2,3)29-21(31)17-19(28-20(30)14-13-18-11-8-7-9-12-18)22(32)26-15-10-16-27-23(33)34-25(4,5)6/h7-9,11-12,19H,10,13-17H2,1-6H3,(H,26,32)(H,27,33)(H,28,30)(H,29,31)/t19-/m0/s1. The van der Waals surface area contributed by atoms with Crippen LogP contribution >= 0.6 is 0 Å². The molecule has 0 aliphatic carbocycles. The van der Waals surface area contributed by atoms with Gasteiger partial charge in [-0.1, -0.05) is 30.3 Å². The molecule has 9 heteroatoms. The lowest BCUT2D eigenvalue weighted by atomic mass is 10.1. The Morgan fingerprint density at radius 2 is 1.50 bits per heavy atom. The maximum atomic E-state index is 12.7. The van der Waals surface area contributed by atoms with Crippen molar-refractivity contribution in [3.8, 4) is 0 Å². The van der Waals surface area contributed by atoms with Crippen LogP contribution in [0.2, 0.25) is 0 Å². The summed E-state index contributed by atoms with van der Waals surface area (Å²) in [5.41, 5.74) is -0.0257. The number of hydrogen-bond donors (Lipinski definition) is 4. The lowest BCUT2D eigenvalue weighted by Crippen LogP contribution is -2.51. The SMILES string of the molecule is CC(C)(C)NC(=O)C[C@H](NC(=O)CCc1ccccc1)C(=O)NCCCNC(=O)OC(C)(C)C. The molecule has 4 N–H and O–H groups in total. The number of benzene rings is 1. The molecular weight excluding hydrogens is 436 g/mol. The van der Waals surface area contributed by atoms with Crippen LogP contribution in [0.5, 0.6) is 0 Å². The summed E-state index contributed by atoms with van der Waals surface area (Å²) in [6.07, 6.45) is 0.505. The van der Waals surface area contributed by atoms with E-state index in [4.69, 9.17) is 4.74 Å². The van der Waals surface area contributed by atoms with E-state index in [-0.39, 0.29) is 31.2 Å². The third kappa shape index (κ3) is 14.1. The van der Waals surface area contributed by atoms with Crippen molar-refractivity contribution in [2.75, 3.05) is 13.1 Å². The molecule has 9 nitrogen and oxygen atoms in total. The molecule has 0 aliphatic heterocycles. The third-order valence-corrected chi connectivity index (χ3v) is 4.36. The van der Waals surface area contributed by atoms with E-state index in [1.54, 1.807) is 20.8 Å². The van der Waals surface area contributed by atoms with E-state index in [0.717, 1.165) is 5.56 Å². The smallest absolute Gasteiger partial charge is 0.407 e. The fourth-order valence-electron chi connectivity index (χ4n) is 2.96. The summed E-state index contributed by atoms with van der Waals surface area (Å²) in [4.78, 5) is 49.3. The Kier molecular flexibility index (Phi) is 11.5. The highest BCUT2D eigenvalue weighted by Crippen LogP contribution is 2.07. The van der Waals surface area contributed by atoms with Gasteiger partial charge < -0.3 is 26.0 Å². The van der Waals surface area contributed by atoms with Gasteiger partial charge in [0.15, 0.2) is 0 Å². The van der Waals surface area contributed by atoms with E-state index < -0.39 is 29.2 Å². The average Bonchev–Trinajstić information content (AvgIpc) is 2.69. The van der Waals surface area contributed by atoms with E-state index in [2.05, 4.69) is 21.3 Å². The second-order valence-electron chi connectivity index (χ2n) is 10.2. The van der Waals surface area contributed by atoms with Gasteiger partial charge in [0, 0.05) is 25.0 Å². The number of alkyl carbamates (subject to hydrolysis) is 1. The molecule has 0 spiro atoms. The molecule has 0 aromatic heterocycles. The van der Waals surface area contributed by atoms with E-state index in [0.29, 0.717) is 19.4 Å². The van der Waals surface area contributed by atoms with Gasteiger partial charge in [0.1, 0.15) is 11.6 Å². The highest BCUT2D eigenvalue weighted by molar-refractivity contribution is 5.92. The zero-order valence-electron chi connectivity index (χ0n) is 21.2. The monoisotopic (exact) mass is 476 g/mol. The maximum Gasteiger partial charge on any atom is 0.407 e. The van der Waals surface area contributed by atoms with Crippen molar-refractivity contribution in [3.63, 3.8) is 0 Å². The Bertz CT molecular complexity index is 813. The molecule has 4 amide bonds. The van der Waals surface area contributed by atoms with Crippen LogP contribution in [-0.4, -0.2) is 54.1 Å². The van der Waals surface area contributed by atoms with E-state index in [9.17, 15) is 19.2 Å². The number of aryl methyl sites for hydroxylation is 1. The van der Waals surface area contributed by atoms with Gasteiger partial charge in [-0.25, -0.2) is 4.79 Å². The summed E-state index contributed by atoms with van der Waals surface area (Å²) >= 11 is 0. The van der Waals surface area contributed by atoms with Gasteiger partial charge in [-0.15, -0.1) is 0 Å². The molecule has 0 fully saturated rings. The number of nitrogens with one attached hydrogen (secondary N) is 4. The molecule has 1 atom stereocenters. The normalized spacial score (nSPS) is 12.3. The first kappa shape index (κ1) is 28.9. The van der Waals surface area contributed by atoms with Crippen molar-refractivity contribution in [1.29, 1.82) is 0 Å². The van der Waals surface area contributed by atoms with Crippen molar-refractivity contribution in [2.24, 2.45) is 0 Å². The predicted octanol–water partition coefficient (Wildman–Crippen LogP) is 2.44. The molecule has 1 aromatic carbocycles. The summed E-state index contributed by atoms with van der Waals surface area (Å²) in [6.45, 7) is 11.4. The quantitative estimate of drug-likeness (QED) is 0.365. The summed E-state index contributed by atoms with van der Waals surface area (Å²) < 4.78 is 5.16. The van der Waals surface area contributed by atoms with Crippen molar-refractivity contribution in [2.45, 2.75) is 84.4 Å².